The number of carbonyl (C=O) groups is 3. The molecule has 2 rings (SSSR count). The molecule has 0 aliphatic heterocycles. The highest BCUT2D eigenvalue weighted by Gasteiger charge is 2.19. The fraction of sp³-hybridized carbons (Fsp3) is 0.286. The van der Waals surface area contributed by atoms with E-state index in [1.165, 1.54) is 0 Å². The first kappa shape index (κ1) is 20.2. The van der Waals surface area contributed by atoms with Crippen LogP contribution in [0.25, 0.3) is 0 Å². The summed E-state index contributed by atoms with van der Waals surface area (Å²) in [7, 11) is 0. The maximum Gasteiger partial charge on any atom is 0.305 e. The highest BCUT2D eigenvalue weighted by Crippen LogP contribution is 2.15. The SMILES string of the molecule is CCC(=O)c1cccc(N[C@@H](Cc2ccccc2)C(=O)NCCC(=O)O)c1. The zero-order valence-electron chi connectivity index (χ0n) is 15.3. The molecule has 0 aliphatic rings. The number of hydrogen-bond acceptors (Lipinski definition) is 4. The summed E-state index contributed by atoms with van der Waals surface area (Å²) in [6.07, 6.45) is 0.711. The van der Waals surface area contributed by atoms with Gasteiger partial charge >= 0.3 is 5.97 Å². The first-order chi connectivity index (χ1) is 13.0. The third-order valence-corrected chi connectivity index (χ3v) is 4.08. The Bertz CT molecular complexity index is 790. The Balaban J connectivity index is 2.14. The van der Waals surface area contributed by atoms with Gasteiger partial charge in [0.1, 0.15) is 6.04 Å². The van der Waals surface area contributed by atoms with E-state index in [9.17, 15) is 14.4 Å². The number of nitrogens with one attached hydrogen (secondary N) is 2. The summed E-state index contributed by atoms with van der Waals surface area (Å²) < 4.78 is 0. The molecule has 0 saturated carbocycles. The zero-order valence-corrected chi connectivity index (χ0v) is 15.3. The molecular formula is C21H24N2O4. The molecule has 27 heavy (non-hydrogen) atoms. The summed E-state index contributed by atoms with van der Waals surface area (Å²) in [5.74, 6) is -1.22. The molecule has 2 aromatic carbocycles. The van der Waals surface area contributed by atoms with Crippen LogP contribution in [0.5, 0.6) is 0 Å². The number of Topliss-reactive ketones (excluding diaryl/α,β-unsaturated/α-hetero) is 1. The number of ketones is 1. The average molecular weight is 368 g/mol. The van der Waals surface area contributed by atoms with Gasteiger partial charge in [-0.25, -0.2) is 0 Å². The van der Waals surface area contributed by atoms with Crippen molar-refractivity contribution in [2.75, 3.05) is 11.9 Å². The van der Waals surface area contributed by atoms with Crippen LogP contribution in [-0.4, -0.2) is 35.4 Å². The van der Waals surface area contributed by atoms with E-state index in [4.69, 9.17) is 5.11 Å². The molecule has 1 amide bonds. The van der Waals surface area contributed by atoms with Crippen molar-refractivity contribution >= 4 is 23.3 Å². The van der Waals surface area contributed by atoms with Gasteiger partial charge in [-0.3, -0.25) is 14.4 Å². The number of benzene rings is 2. The van der Waals surface area contributed by atoms with Crippen molar-refractivity contribution in [3.63, 3.8) is 0 Å². The van der Waals surface area contributed by atoms with Gasteiger partial charge in [0, 0.05) is 30.6 Å². The molecule has 0 heterocycles. The van der Waals surface area contributed by atoms with Gasteiger partial charge in [0.25, 0.3) is 0 Å². The van der Waals surface area contributed by atoms with E-state index >= 15 is 0 Å². The molecule has 0 aromatic heterocycles. The summed E-state index contributed by atoms with van der Waals surface area (Å²) in [6, 6.07) is 16.0. The number of anilines is 1. The minimum atomic E-state index is -0.964. The van der Waals surface area contributed by atoms with Crippen molar-refractivity contribution in [2.24, 2.45) is 0 Å². The zero-order chi connectivity index (χ0) is 19.6. The number of carboxylic acids is 1. The van der Waals surface area contributed by atoms with Crippen molar-refractivity contribution in [3.8, 4) is 0 Å². The van der Waals surface area contributed by atoms with Crippen LogP contribution < -0.4 is 10.6 Å². The van der Waals surface area contributed by atoms with E-state index in [1.807, 2.05) is 30.3 Å². The van der Waals surface area contributed by atoms with Crippen molar-refractivity contribution in [3.05, 3.63) is 65.7 Å². The van der Waals surface area contributed by atoms with Gasteiger partial charge in [0.05, 0.1) is 6.42 Å². The molecular weight excluding hydrogens is 344 g/mol. The van der Waals surface area contributed by atoms with Gasteiger partial charge in [0.15, 0.2) is 5.78 Å². The third-order valence-electron chi connectivity index (χ3n) is 4.08. The number of carbonyl (C=O) groups excluding carboxylic acids is 2. The maximum absolute atomic E-state index is 12.6. The Hall–Kier alpha value is -3.15. The van der Waals surface area contributed by atoms with Gasteiger partial charge in [-0.05, 0) is 17.7 Å². The molecule has 2 aromatic rings. The number of carboxylic acid groups (broad SMARTS) is 1. The maximum atomic E-state index is 12.6. The van der Waals surface area contributed by atoms with Crippen molar-refractivity contribution in [2.45, 2.75) is 32.2 Å². The normalized spacial score (nSPS) is 11.4. The van der Waals surface area contributed by atoms with Gasteiger partial charge < -0.3 is 15.7 Å². The molecule has 0 bridgehead atoms. The Morgan fingerprint density at radius 2 is 1.78 bits per heavy atom. The molecule has 1 atom stereocenters. The smallest absolute Gasteiger partial charge is 0.305 e. The van der Waals surface area contributed by atoms with Gasteiger partial charge in [-0.1, -0.05) is 49.4 Å². The fourth-order valence-corrected chi connectivity index (χ4v) is 2.66. The number of amides is 1. The predicted octanol–water partition coefficient (Wildman–Crippen LogP) is 2.89. The molecule has 6 heteroatoms. The van der Waals surface area contributed by atoms with Crippen molar-refractivity contribution < 1.29 is 19.5 Å². The van der Waals surface area contributed by atoms with E-state index in [2.05, 4.69) is 10.6 Å². The Kier molecular flexibility index (Phi) is 7.55. The minimum Gasteiger partial charge on any atom is -0.481 e. The van der Waals surface area contributed by atoms with E-state index in [1.54, 1.807) is 31.2 Å². The van der Waals surface area contributed by atoms with Crippen molar-refractivity contribution in [1.82, 2.24) is 5.32 Å². The molecule has 0 unspecified atom stereocenters. The molecule has 0 saturated heterocycles. The van der Waals surface area contributed by atoms with Gasteiger partial charge in [0.2, 0.25) is 5.91 Å². The fourth-order valence-electron chi connectivity index (χ4n) is 2.66. The third kappa shape index (κ3) is 6.58. The summed E-state index contributed by atoms with van der Waals surface area (Å²) in [6.45, 7) is 1.87. The molecule has 142 valence electrons. The lowest BCUT2D eigenvalue weighted by Crippen LogP contribution is -2.41. The Labute approximate surface area is 158 Å². The molecule has 0 radical (unpaired) electrons. The highest BCUT2D eigenvalue weighted by molar-refractivity contribution is 5.96. The summed E-state index contributed by atoms with van der Waals surface area (Å²) in [5.41, 5.74) is 2.24. The minimum absolute atomic E-state index is 0.0316. The summed E-state index contributed by atoms with van der Waals surface area (Å²) >= 11 is 0. The second-order valence-corrected chi connectivity index (χ2v) is 6.18. The average Bonchev–Trinajstić information content (AvgIpc) is 2.67. The lowest BCUT2D eigenvalue weighted by atomic mass is 10.0. The first-order valence-corrected chi connectivity index (χ1v) is 8.92. The standard InChI is InChI=1S/C21H24N2O4/c1-2-19(24)16-9-6-10-17(14-16)23-18(13-15-7-4-3-5-8-15)21(27)22-12-11-20(25)26/h3-10,14,18,23H,2,11-13H2,1H3,(H,22,27)(H,25,26)/t18-/m0/s1. The lowest BCUT2D eigenvalue weighted by molar-refractivity contribution is -0.136. The van der Waals surface area contributed by atoms with Crippen LogP contribution in [-0.2, 0) is 16.0 Å². The second-order valence-electron chi connectivity index (χ2n) is 6.18. The first-order valence-electron chi connectivity index (χ1n) is 8.92. The van der Waals surface area contributed by atoms with E-state index in [0.717, 1.165) is 5.56 Å². The van der Waals surface area contributed by atoms with Crippen LogP contribution in [0.2, 0.25) is 0 Å². The summed E-state index contributed by atoms with van der Waals surface area (Å²) in [5, 5.41) is 14.6. The monoisotopic (exact) mass is 368 g/mol. The lowest BCUT2D eigenvalue weighted by Gasteiger charge is -2.20. The molecule has 3 N–H and O–H groups in total. The molecule has 0 spiro atoms. The molecule has 0 fully saturated rings. The van der Waals surface area contributed by atoms with Crippen molar-refractivity contribution in [1.29, 1.82) is 0 Å². The van der Waals surface area contributed by atoms with Gasteiger partial charge in [-0.2, -0.15) is 0 Å². The predicted molar refractivity (Wildman–Crippen MR) is 104 cm³/mol. The van der Waals surface area contributed by atoms with Crippen LogP contribution in [0.1, 0.15) is 35.7 Å². The highest BCUT2D eigenvalue weighted by atomic mass is 16.4. The van der Waals surface area contributed by atoms with Crippen LogP contribution >= 0.6 is 0 Å². The summed E-state index contributed by atoms with van der Waals surface area (Å²) in [4.78, 5) is 35.2. The van der Waals surface area contributed by atoms with Crippen LogP contribution in [0.3, 0.4) is 0 Å². The topological polar surface area (TPSA) is 95.5 Å². The second kappa shape index (κ2) is 10.1. The number of aliphatic carboxylic acids is 1. The number of hydrogen-bond donors (Lipinski definition) is 3. The Morgan fingerprint density at radius 3 is 2.44 bits per heavy atom. The number of rotatable bonds is 10. The van der Waals surface area contributed by atoms with E-state index in [-0.39, 0.29) is 24.7 Å². The quantitative estimate of drug-likeness (QED) is 0.561. The Morgan fingerprint density at radius 1 is 1.04 bits per heavy atom. The van der Waals surface area contributed by atoms with Crippen LogP contribution in [0.4, 0.5) is 5.69 Å². The van der Waals surface area contributed by atoms with E-state index in [0.29, 0.717) is 24.1 Å². The molecule has 6 nitrogen and oxygen atoms in total. The van der Waals surface area contributed by atoms with E-state index < -0.39 is 12.0 Å². The largest absolute Gasteiger partial charge is 0.481 e. The molecule has 0 aliphatic carbocycles. The van der Waals surface area contributed by atoms with Crippen LogP contribution in [0.15, 0.2) is 54.6 Å². The van der Waals surface area contributed by atoms with Gasteiger partial charge in [-0.15, -0.1) is 0 Å². The van der Waals surface area contributed by atoms with Crippen LogP contribution in [0, 0.1) is 0 Å².